The van der Waals surface area contributed by atoms with Crippen molar-refractivity contribution >= 4 is 12.1 Å². The molecule has 0 N–H and O–H groups in total. The molecule has 0 aromatic heterocycles. The van der Waals surface area contributed by atoms with Gasteiger partial charge < -0.3 is 14.2 Å². The smallest absolute Gasteiger partial charge is 0.223 e. The van der Waals surface area contributed by atoms with Crippen LogP contribution in [0.1, 0.15) is 170 Å². The van der Waals surface area contributed by atoms with Gasteiger partial charge in [-0.2, -0.15) is 0 Å². The molecule has 5 aliphatic rings. The van der Waals surface area contributed by atoms with E-state index in [9.17, 15) is 9.59 Å². The van der Waals surface area contributed by atoms with Crippen LogP contribution in [0.2, 0.25) is 0 Å². The lowest BCUT2D eigenvalue weighted by Gasteiger charge is -2.38. The minimum atomic E-state index is -0.598. The van der Waals surface area contributed by atoms with Gasteiger partial charge in [0.1, 0.15) is 6.10 Å². The monoisotopic (exact) mass is 787 g/mol. The molecule has 8 unspecified atom stereocenters. The van der Waals surface area contributed by atoms with Crippen LogP contribution in [0.4, 0.5) is 0 Å². The van der Waals surface area contributed by atoms with Gasteiger partial charge in [-0.25, -0.2) is 0 Å². The Morgan fingerprint density at radius 1 is 0.860 bits per heavy atom. The Morgan fingerprint density at radius 2 is 1.58 bits per heavy atom. The number of Topliss-reactive ketones (excluding diaryl/α,β-unsaturated/α-hetero) is 1. The van der Waals surface area contributed by atoms with Crippen molar-refractivity contribution in [1.82, 2.24) is 0 Å². The predicted octanol–water partition coefficient (Wildman–Crippen LogP) is 13.1. The van der Waals surface area contributed by atoms with E-state index in [0.29, 0.717) is 48.4 Å². The number of aldehydes is 1. The van der Waals surface area contributed by atoms with Crippen LogP contribution in [-0.4, -0.2) is 50.7 Å². The Kier molecular flexibility index (Phi) is 18.2. The number of ketones is 1. The number of ether oxygens (including phenoxy) is 3. The first-order valence-electron chi connectivity index (χ1n) is 23.5. The van der Waals surface area contributed by atoms with Crippen molar-refractivity contribution in [3.05, 3.63) is 58.7 Å². The maximum Gasteiger partial charge on any atom is 0.223 e. The normalized spacial score (nSPS) is 29.3. The van der Waals surface area contributed by atoms with Gasteiger partial charge >= 0.3 is 0 Å². The zero-order valence-corrected chi connectivity index (χ0v) is 37.6. The highest BCUT2D eigenvalue weighted by atomic mass is 16.5. The van der Waals surface area contributed by atoms with Gasteiger partial charge in [-0.15, -0.1) is 0 Å². The first-order chi connectivity index (χ1) is 27.4. The topological polar surface area (TPSA) is 61.8 Å². The first-order valence-corrected chi connectivity index (χ1v) is 23.5. The number of rotatable bonds is 25. The van der Waals surface area contributed by atoms with Gasteiger partial charge in [0.15, 0.2) is 6.29 Å². The molecule has 0 amide bonds. The van der Waals surface area contributed by atoms with Crippen LogP contribution in [-0.2, 0) is 23.8 Å². The maximum absolute atomic E-state index is 11.9. The van der Waals surface area contributed by atoms with Crippen LogP contribution < -0.4 is 0 Å². The largest absolute Gasteiger partial charge is 0.381 e. The van der Waals surface area contributed by atoms with Crippen molar-refractivity contribution in [2.75, 3.05) is 14.2 Å². The number of hydrogen-bond acceptors (Lipinski definition) is 5. The van der Waals surface area contributed by atoms with E-state index < -0.39 is 11.9 Å². The first kappa shape index (κ1) is 46.0. The lowest BCUT2D eigenvalue weighted by atomic mass is 9.70. The molecule has 0 bridgehead atoms. The van der Waals surface area contributed by atoms with Crippen LogP contribution in [0.25, 0.3) is 0 Å². The fraction of sp³-hybridized carbons (Fsp3) is 0.769. The Labute approximate surface area is 349 Å². The molecule has 0 spiro atoms. The van der Waals surface area contributed by atoms with E-state index in [1.165, 1.54) is 103 Å². The van der Waals surface area contributed by atoms with Crippen molar-refractivity contribution in [2.45, 2.75) is 194 Å². The number of allylic oxidation sites excluding steroid dienone is 9. The third kappa shape index (κ3) is 15.2. The fourth-order valence-electron chi connectivity index (χ4n) is 10.6. The third-order valence-corrected chi connectivity index (χ3v) is 15.0. The van der Waals surface area contributed by atoms with Crippen molar-refractivity contribution in [1.29, 1.82) is 0 Å². The summed E-state index contributed by atoms with van der Waals surface area (Å²) >= 11 is 0. The maximum atomic E-state index is 11.9. The molecule has 0 aromatic rings. The predicted molar refractivity (Wildman–Crippen MR) is 236 cm³/mol. The van der Waals surface area contributed by atoms with Crippen molar-refractivity contribution in [2.24, 2.45) is 46.8 Å². The zero-order valence-electron chi connectivity index (χ0n) is 37.6. The summed E-state index contributed by atoms with van der Waals surface area (Å²) in [6.07, 6.45) is 38.6. The molecule has 1 aliphatic heterocycles. The van der Waals surface area contributed by atoms with Crippen molar-refractivity contribution in [3.8, 4) is 0 Å². The Hall–Kier alpha value is -2.08. The van der Waals surface area contributed by atoms with Gasteiger partial charge in [0, 0.05) is 20.6 Å². The molecule has 0 radical (unpaired) electrons. The minimum Gasteiger partial charge on any atom is -0.381 e. The van der Waals surface area contributed by atoms with Gasteiger partial charge in [0.05, 0.1) is 18.3 Å². The molecule has 5 rings (SSSR count). The molecule has 4 saturated carbocycles. The molecule has 1 heterocycles. The van der Waals surface area contributed by atoms with Crippen molar-refractivity contribution < 1.29 is 23.8 Å². The van der Waals surface area contributed by atoms with E-state index in [1.807, 2.05) is 7.11 Å². The quantitative estimate of drug-likeness (QED) is 0.0399. The highest BCUT2D eigenvalue weighted by molar-refractivity contribution is 6.27. The average Bonchev–Trinajstić information content (AvgIpc) is 4.03. The molecule has 5 fully saturated rings. The van der Waals surface area contributed by atoms with Gasteiger partial charge in [-0.05, 0) is 188 Å². The lowest BCUT2D eigenvalue weighted by Crippen LogP contribution is -2.36. The Morgan fingerprint density at radius 3 is 2.21 bits per heavy atom. The van der Waals surface area contributed by atoms with Crippen LogP contribution in [0, 0.1) is 46.8 Å². The molecular formula is C52H82O5. The second-order valence-electron chi connectivity index (χ2n) is 20.1. The van der Waals surface area contributed by atoms with E-state index in [4.69, 9.17) is 14.2 Å². The van der Waals surface area contributed by atoms with Crippen LogP contribution >= 0.6 is 0 Å². The average molecular weight is 787 g/mol. The Bertz CT molecular complexity index is 1430. The molecule has 5 heteroatoms. The SMILES string of the molecule is COC1CCC(C)(CCC(CCC(C)/C=C(\C)C(CC(=C2CC2)C(C)CC(C)/C=C/C=C/C=C(\C)C(CC2CCCC(C(=O)C=O)O2)OC)C2CC2)C2CC2)CC1. The zero-order chi connectivity index (χ0) is 41.0. The van der Waals surface area contributed by atoms with Crippen LogP contribution in [0.3, 0.4) is 0 Å². The number of carbonyl (C=O) groups is 2. The molecule has 8 atom stereocenters. The number of hydrogen-bond donors (Lipinski definition) is 0. The second-order valence-corrected chi connectivity index (χ2v) is 20.1. The van der Waals surface area contributed by atoms with Crippen molar-refractivity contribution in [3.63, 3.8) is 0 Å². The standard InChI is InChI=1S/C52H82O5/c1-36(13-10-9-11-14-38(3)51(56-8)33-46-15-12-16-50(57-46)49(54)35-53)31-39(4)47(43-21-22-43)34-48(44-23-24-44)40(5)32-37(2)17-18-42(41-19-20-41)25-28-52(6)29-26-45(55-7)27-30-52/h9-11,13-14,32,35-37,39,41-42,44-46,48,50-51H,12,15-31,33-34H2,1-8H3/b11-9+,13-10+,38-14+,40-32+. The van der Waals surface area contributed by atoms with Crippen LogP contribution in [0.5, 0.6) is 0 Å². The summed E-state index contributed by atoms with van der Waals surface area (Å²) in [5.41, 5.74) is 6.90. The molecule has 57 heavy (non-hydrogen) atoms. The van der Waals surface area contributed by atoms with E-state index in [0.717, 1.165) is 42.1 Å². The summed E-state index contributed by atoms with van der Waals surface area (Å²) in [5, 5.41) is 0. The number of methoxy groups -OCH3 is 2. The molecule has 320 valence electrons. The summed E-state index contributed by atoms with van der Waals surface area (Å²) in [6, 6.07) is 0. The van der Waals surface area contributed by atoms with Gasteiger partial charge in [-0.3, -0.25) is 9.59 Å². The van der Waals surface area contributed by atoms with E-state index >= 15 is 0 Å². The van der Waals surface area contributed by atoms with Gasteiger partial charge in [0.25, 0.3) is 0 Å². The molecular weight excluding hydrogens is 705 g/mol. The summed E-state index contributed by atoms with van der Waals surface area (Å²) in [5.74, 6) is 4.91. The summed E-state index contributed by atoms with van der Waals surface area (Å²) in [6.45, 7) is 14.5. The molecule has 1 saturated heterocycles. The molecule has 4 aliphatic carbocycles. The van der Waals surface area contributed by atoms with Gasteiger partial charge in [-0.1, -0.05) is 80.9 Å². The highest BCUT2D eigenvalue weighted by Crippen LogP contribution is 2.49. The van der Waals surface area contributed by atoms with E-state index in [-0.39, 0.29) is 12.2 Å². The molecule has 5 nitrogen and oxygen atoms in total. The van der Waals surface area contributed by atoms with E-state index in [2.05, 4.69) is 78.0 Å². The molecule has 0 aromatic carbocycles. The summed E-state index contributed by atoms with van der Waals surface area (Å²) in [7, 11) is 3.62. The fourth-order valence-corrected chi connectivity index (χ4v) is 10.6. The lowest BCUT2D eigenvalue weighted by molar-refractivity contribution is -0.145. The summed E-state index contributed by atoms with van der Waals surface area (Å²) < 4.78 is 17.4. The third-order valence-electron chi connectivity index (χ3n) is 15.0. The number of carbonyl (C=O) groups excluding carboxylic acids is 2. The second kappa shape index (κ2) is 22.5. The highest BCUT2D eigenvalue weighted by Gasteiger charge is 2.37. The van der Waals surface area contributed by atoms with E-state index in [1.54, 1.807) is 23.8 Å². The van der Waals surface area contributed by atoms with Gasteiger partial charge in [0.2, 0.25) is 5.78 Å². The van der Waals surface area contributed by atoms with Crippen LogP contribution in [0.15, 0.2) is 58.7 Å². The Balaban J connectivity index is 1.07. The minimum absolute atomic E-state index is 0.0726. The summed E-state index contributed by atoms with van der Waals surface area (Å²) in [4.78, 5) is 22.8.